The zero-order valence-corrected chi connectivity index (χ0v) is 31.9. The Hall–Kier alpha value is -1.97. The Morgan fingerprint density at radius 2 is 1.63 bits per heavy atom. The van der Waals surface area contributed by atoms with Crippen LogP contribution in [-0.4, -0.2) is 136 Å². The minimum absolute atomic E-state index is 0.0501. The number of rotatable bonds is 6. The number of Topliss-reactive ketones (excluding diaryl/α,β-unsaturated/α-hetero) is 1. The van der Waals surface area contributed by atoms with E-state index >= 15 is 0 Å². The Balaban J connectivity index is 1.66. The Morgan fingerprint density at radius 3 is 2.20 bits per heavy atom. The predicted octanol–water partition coefficient (Wildman–Crippen LogP) is 3.17. The number of hydrogen-bond acceptors (Lipinski definition) is 11. The number of aliphatic hydroxyl groups is 1. The summed E-state index contributed by atoms with van der Waals surface area (Å²) in [5.74, 6) is -1.85. The van der Waals surface area contributed by atoms with Crippen molar-refractivity contribution in [1.29, 1.82) is 0 Å². The van der Waals surface area contributed by atoms with Gasteiger partial charge in [-0.05, 0) is 79.7 Å². The van der Waals surface area contributed by atoms with Gasteiger partial charge in [-0.2, -0.15) is 4.31 Å². The highest BCUT2D eigenvalue weighted by Gasteiger charge is 2.53. The third-order valence-corrected chi connectivity index (χ3v) is 12.8. The zero-order chi connectivity index (χ0) is 36.5. The summed E-state index contributed by atoms with van der Waals surface area (Å²) >= 11 is 0. The van der Waals surface area contributed by atoms with Crippen molar-refractivity contribution in [2.45, 2.75) is 114 Å². The van der Waals surface area contributed by atoms with E-state index in [4.69, 9.17) is 18.9 Å². The largest absolute Gasteiger partial charge is 0.457 e. The Bertz CT molecular complexity index is 1400. The summed E-state index contributed by atoms with van der Waals surface area (Å²) in [6.07, 6.45) is -1.36. The summed E-state index contributed by atoms with van der Waals surface area (Å²) in [6.45, 7) is 12.2. The first kappa shape index (κ1) is 39.8. The molecule has 3 aliphatic heterocycles. The van der Waals surface area contributed by atoms with E-state index in [0.29, 0.717) is 25.9 Å². The van der Waals surface area contributed by atoms with Gasteiger partial charge in [-0.15, -0.1) is 0 Å². The molecule has 3 saturated heterocycles. The first-order valence-corrected chi connectivity index (χ1v) is 18.9. The van der Waals surface area contributed by atoms with E-state index in [2.05, 4.69) is 11.8 Å². The highest BCUT2D eigenvalue weighted by Crippen LogP contribution is 2.40. The summed E-state index contributed by atoms with van der Waals surface area (Å²) in [6, 6.07) is 8.11. The lowest BCUT2D eigenvalue weighted by Gasteiger charge is -2.47. The van der Waals surface area contributed by atoms with Gasteiger partial charge >= 0.3 is 5.97 Å². The molecule has 0 saturated carbocycles. The molecule has 3 aliphatic rings. The molecule has 1 aromatic rings. The number of methoxy groups -OCH3 is 1. The van der Waals surface area contributed by atoms with Crippen molar-refractivity contribution in [3.8, 4) is 0 Å². The van der Waals surface area contributed by atoms with Crippen LogP contribution in [-0.2, 0) is 38.6 Å². The Labute approximate surface area is 293 Å². The van der Waals surface area contributed by atoms with Gasteiger partial charge in [0.2, 0.25) is 10.0 Å². The van der Waals surface area contributed by atoms with Gasteiger partial charge < -0.3 is 33.9 Å². The number of carbonyl (C=O) groups excluding carboxylic acids is 2. The van der Waals surface area contributed by atoms with Crippen LogP contribution in [0.25, 0.3) is 0 Å². The van der Waals surface area contributed by atoms with Gasteiger partial charge in [-0.25, -0.2) is 8.42 Å². The van der Waals surface area contributed by atoms with Gasteiger partial charge in [0.1, 0.15) is 17.1 Å². The SMILES string of the molecule is CO[C@]1(C)C[C@@H](C)CN(C)CC2(CCN(S(=O)(=O)c3ccccc3)CC2)OC(=O)C(C)(C)C(=O)[C@H](C)[C@H]1O[C@@H]1O[C@H](C)C[C@H](N(C)C)[C@H]1O. The van der Waals surface area contributed by atoms with Crippen molar-refractivity contribution in [2.75, 3.05) is 54.4 Å². The minimum atomic E-state index is -3.72. The van der Waals surface area contributed by atoms with Crippen LogP contribution in [0.3, 0.4) is 0 Å². The van der Waals surface area contributed by atoms with Gasteiger partial charge in [0.25, 0.3) is 0 Å². The van der Waals surface area contributed by atoms with Crippen molar-refractivity contribution in [3.63, 3.8) is 0 Å². The van der Waals surface area contributed by atoms with Crippen molar-refractivity contribution in [3.05, 3.63) is 30.3 Å². The Morgan fingerprint density at radius 1 is 1.02 bits per heavy atom. The summed E-state index contributed by atoms with van der Waals surface area (Å²) < 4.78 is 53.6. The molecule has 1 spiro atoms. The number of likely N-dealkylation sites (N-methyl/N-ethyl adjacent to an activating group) is 2. The maximum absolute atomic E-state index is 14.5. The van der Waals surface area contributed by atoms with Crippen LogP contribution in [0.15, 0.2) is 35.2 Å². The molecule has 0 radical (unpaired) electrons. The van der Waals surface area contributed by atoms with Gasteiger partial charge in [0.05, 0.1) is 22.7 Å². The smallest absolute Gasteiger partial charge is 0.319 e. The molecular weight excluding hydrogens is 650 g/mol. The molecule has 0 amide bonds. The molecule has 0 unspecified atom stereocenters. The van der Waals surface area contributed by atoms with Crippen molar-refractivity contribution in [1.82, 2.24) is 14.1 Å². The second kappa shape index (κ2) is 15.3. The van der Waals surface area contributed by atoms with E-state index in [1.807, 2.05) is 39.9 Å². The first-order chi connectivity index (χ1) is 22.8. The van der Waals surface area contributed by atoms with E-state index in [9.17, 15) is 23.1 Å². The van der Waals surface area contributed by atoms with Crippen LogP contribution in [0.4, 0.5) is 0 Å². The molecule has 4 rings (SSSR count). The summed E-state index contributed by atoms with van der Waals surface area (Å²) in [7, 11) is 3.64. The molecule has 49 heavy (non-hydrogen) atoms. The summed E-state index contributed by atoms with van der Waals surface area (Å²) in [5, 5.41) is 11.4. The van der Waals surface area contributed by atoms with Gasteiger partial charge in [0, 0.05) is 58.1 Å². The fourth-order valence-electron chi connectivity index (χ4n) is 8.05. The molecule has 13 heteroatoms. The predicted molar refractivity (Wildman–Crippen MR) is 185 cm³/mol. The highest BCUT2D eigenvalue weighted by molar-refractivity contribution is 7.89. The van der Waals surface area contributed by atoms with E-state index in [1.165, 1.54) is 4.31 Å². The molecule has 8 atom stereocenters. The van der Waals surface area contributed by atoms with Crippen LogP contribution >= 0.6 is 0 Å². The van der Waals surface area contributed by atoms with Crippen LogP contribution in [0.1, 0.15) is 67.2 Å². The number of esters is 1. The normalized spacial score (nSPS) is 35.7. The molecule has 1 aromatic carbocycles. The maximum atomic E-state index is 14.5. The lowest BCUT2D eigenvalue weighted by atomic mass is 9.74. The van der Waals surface area contributed by atoms with Crippen LogP contribution in [0.2, 0.25) is 0 Å². The molecule has 0 aromatic heterocycles. The van der Waals surface area contributed by atoms with Gasteiger partial charge in [-0.1, -0.05) is 32.0 Å². The quantitative estimate of drug-likeness (QED) is 0.345. The number of sulfonamides is 1. The van der Waals surface area contributed by atoms with Crippen molar-refractivity contribution < 1.29 is 42.1 Å². The number of benzene rings is 1. The summed E-state index contributed by atoms with van der Waals surface area (Å²) in [4.78, 5) is 32.9. The number of ether oxygens (including phenoxy) is 4. The number of aliphatic hydroxyl groups excluding tert-OH is 1. The number of nitrogens with zero attached hydrogens (tertiary/aromatic N) is 3. The van der Waals surface area contributed by atoms with Crippen LogP contribution in [0, 0.1) is 17.3 Å². The number of carbonyl (C=O) groups is 2. The average Bonchev–Trinajstić information content (AvgIpc) is 3.04. The maximum Gasteiger partial charge on any atom is 0.319 e. The number of piperidine rings is 1. The lowest BCUT2D eigenvalue weighted by molar-refractivity contribution is -0.295. The molecule has 3 heterocycles. The van der Waals surface area contributed by atoms with E-state index < -0.39 is 57.0 Å². The van der Waals surface area contributed by atoms with Crippen molar-refractivity contribution >= 4 is 21.8 Å². The second-order valence-electron chi connectivity index (χ2n) is 15.7. The van der Waals surface area contributed by atoms with Gasteiger partial charge in [0.15, 0.2) is 12.1 Å². The van der Waals surface area contributed by atoms with Crippen LogP contribution < -0.4 is 0 Å². The minimum Gasteiger partial charge on any atom is -0.457 e. The second-order valence-corrected chi connectivity index (χ2v) is 17.7. The molecule has 1 N–H and O–H groups in total. The third-order valence-electron chi connectivity index (χ3n) is 10.9. The standard InChI is InChI=1S/C36H59N3O9S/c1-24-21-35(6,45-10)31(47-32-29(40)28(37(7)8)20-25(2)46-32)26(3)30(41)34(4,5)33(42)48-36(23-38(9)22-24)16-18-39(19-17-36)49(43,44)27-14-12-11-13-15-27/h11-15,24-26,28-29,31-32,40H,16-23H2,1-10H3/t24-,25-,26+,28+,29-,31-,32+,35-/m1/s1. The zero-order valence-electron chi connectivity index (χ0n) is 31.0. The summed E-state index contributed by atoms with van der Waals surface area (Å²) in [5.41, 5.74) is -3.56. The van der Waals surface area contributed by atoms with Crippen LogP contribution in [0.5, 0.6) is 0 Å². The Kier molecular flexibility index (Phi) is 12.5. The third kappa shape index (κ3) is 8.57. The lowest BCUT2D eigenvalue weighted by Crippen LogP contribution is -2.59. The van der Waals surface area contributed by atoms with E-state index in [0.717, 1.165) is 0 Å². The monoisotopic (exact) mass is 709 g/mol. The first-order valence-electron chi connectivity index (χ1n) is 17.5. The highest BCUT2D eigenvalue weighted by atomic mass is 32.2. The molecule has 278 valence electrons. The van der Waals surface area contributed by atoms with Gasteiger partial charge in [-0.3, -0.25) is 9.59 Å². The topological polar surface area (TPSA) is 135 Å². The molecule has 3 fully saturated rings. The average molecular weight is 710 g/mol. The fourth-order valence-corrected chi connectivity index (χ4v) is 9.51. The number of hydrogen-bond donors (Lipinski definition) is 1. The molecule has 12 nitrogen and oxygen atoms in total. The van der Waals surface area contributed by atoms with E-state index in [1.54, 1.807) is 58.2 Å². The number of ketones is 1. The molecule has 0 bridgehead atoms. The fraction of sp³-hybridized carbons (Fsp3) is 0.778. The molecule has 0 aliphatic carbocycles. The van der Waals surface area contributed by atoms with E-state index in [-0.39, 0.29) is 54.7 Å². The van der Waals surface area contributed by atoms with Crippen molar-refractivity contribution in [2.24, 2.45) is 17.3 Å². The molecular formula is C36H59N3O9S.